The van der Waals surface area contributed by atoms with E-state index in [1.165, 1.54) is 5.56 Å². The van der Waals surface area contributed by atoms with Crippen LogP contribution in [-0.4, -0.2) is 5.91 Å². The number of ether oxygens (including phenoxy) is 1. The Kier molecular flexibility index (Phi) is 3.98. The van der Waals surface area contributed by atoms with Crippen molar-refractivity contribution >= 4 is 11.6 Å². The molecule has 3 aromatic rings. The summed E-state index contributed by atoms with van der Waals surface area (Å²) in [5.41, 5.74) is 4.26. The van der Waals surface area contributed by atoms with Crippen LogP contribution in [0.25, 0.3) is 0 Å². The maximum atomic E-state index is 12.4. The van der Waals surface area contributed by atoms with Crippen LogP contribution in [0.3, 0.4) is 0 Å². The lowest BCUT2D eigenvalue weighted by Crippen LogP contribution is -2.14. The van der Waals surface area contributed by atoms with Gasteiger partial charge in [-0.1, -0.05) is 48.0 Å². The summed E-state index contributed by atoms with van der Waals surface area (Å²) in [6.45, 7) is 2.05. The molecule has 0 saturated carbocycles. The van der Waals surface area contributed by atoms with E-state index in [0.717, 1.165) is 28.3 Å². The third-order valence-electron chi connectivity index (χ3n) is 4.47. The highest BCUT2D eigenvalue weighted by molar-refractivity contribution is 6.03. The van der Waals surface area contributed by atoms with Crippen LogP contribution in [0.2, 0.25) is 0 Å². The van der Waals surface area contributed by atoms with Gasteiger partial charge in [-0.05, 0) is 54.8 Å². The number of fused-ring (bicyclic) bond motifs is 1. The highest BCUT2D eigenvalue weighted by Crippen LogP contribution is 2.36. The number of rotatable bonds is 4. The smallest absolute Gasteiger partial charge is 0.232 e. The van der Waals surface area contributed by atoms with Crippen molar-refractivity contribution in [2.24, 2.45) is 0 Å². The molecule has 1 atom stereocenters. The first-order chi connectivity index (χ1) is 12.2. The Morgan fingerprint density at radius 2 is 1.72 bits per heavy atom. The first kappa shape index (κ1) is 15.5. The largest absolute Gasteiger partial charge is 0.457 e. The Morgan fingerprint density at radius 1 is 0.920 bits per heavy atom. The maximum absolute atomic E-state index is 12.4. The van der Waals surface area contributed by atoms with Crippen molar-refractivity contribution in [3.05, 3.63) is 89.5 Å². The number of carbonyl (C=O) groups is 1. The van der Waals surface area contributed by atoms with Crippen molar-refractivity contribution in [1.82, 2.24) is 0 Å². The summed E-state index contributed by atoms with van der Waals surface area (Å²) < 4.78 is 5.90. The lowest BCUT2D eigenvalue weighted by Gasteiger charge is -2.11. The molecule has 3 heteroatoms. The van der Waals surface area contributed by atoms with Gasteiger partial charge in [0.1, 0.15) is 11.5 Å². The monoisotopic (exact) mass is 329 g/mol. The fourth-order valence-electron chi connectivity index (χ4n) is 3.24. The van der Waals surface area contributed by atoms with E-state index in [4.69, 9.17) is 4.74 Å². The number of anilines is 1. The van der Waals surface area contributed by atoms with Crippen LogP contribution < -0.4 is 10.1 Å². The molecule has 4 rings (SSSR count). The second-order valence-electron chi connectivity index (χ2n) is 6.40. The van der Waals surface area contributed by atoms with Crippen molar-refractivity contribution in [2.45, 2.75) is 19.3 Å². The van der Waals surface area contributed by atoms with Crippen LogP contribution in [0.1, 0.15) is 22.6 Å². The number of nitrogens with one attached hydrogen (secondary N) is 1. The molecule has 0 aromatic heterocycles. The van der Waals surface area contributed by atoms with Crippen LogP contribution in [0.4, 0.5) is 5.69 Å². The maximum Gasteiger partial charge on any atom is 0.232 e. The molecule has 0 radical (unpaired) electrons. The van der Waals surface area contributed by atoms with Crippen LogP contribution >= 0.6 is 0 Å². The van der Waals surface area contributed by atoms with Crippen molar-refractivity contribution in [3.63, 3.8) is 0 Å². The summed E-state index contributed by atoms with van der Waals surface area (Å²) in [4.78, 5) is 12.4. The summed E-state index contributed by atoms with van der Waals surface area (Å²) in [6, 6.07) is 23.8. The highest BCUT2D eigenvalue weighted by Gasteiger charge is 2.30. The third kappa shape index (κ3) is 3.26. The Labute approximate surface area is 147 Å². The standard InChI is InChI=1S/C22H19NO2/c1-15-10-11-21-19(12-15)20(22(24)23-21)14-16-6-5-9-18(13-16)25-17-7-3-2-4-8-17/h2-13,20H,14H2,1H3,(H,23,24)/t20-/m0/s1. The zero-order chi connectivity index (χ0) is 17.2. The van der Waals surface area contributed by atoms with E-state index in [-0.39, 0.29) is 11.8 Å². The van der Waals surface area contributed by atoms with E-state index in [0.29, 0.717) is 6.42 Å². The normalized spacial score (nSPS) is 15.6. The molecule has 1 aliphatic heterocycles. The number of para-hydroxylation sites is 1. The van der Waals surface area contributed by atoms with Gasteiger partial charge in [0.05, 0.1) is 5.92 Å². The number of benzene rings is 3. The molecule has 3 aromatic carbocycles. The molecule has 0 bridgehead atoms. The Morgan fingerprint density at radius 3 is 2.56 bits per heavy atom. The number of aryl methyl sites for hydroxylation is 1. The van der Waals surface area contributed by atoms with Gasteiger partial charge in [-0.25, -0.2) is 0 Å². The zero-order valence-corrected chi connectivity index (χ0v) is 14.0. The topological polar surface area (TPSA) is 38.3 Å². The number of hydrogen-bond donors (Lipinski definition) is 1. The van der Waals surface area contributed by atoms with Crippen molar-refractivity contribution in [1.29, 1.82) is 0 Å². The van der Waals surface area contributed by atoms with Crippen molar-refractivity contribution < 1.29 is 9.53 Å². The molecule has 0 fully saturated rings. The average Bonchev–Trinajstić information content (AvgIpc) is 2.91. The van der Waals surface area contributed by atoms with Gasteiger partial charge in [0.25, 0.3) is 0 Å². The molecule has 1 amide bonds. The molecule has 1 N–H and O–H groups in total. The van der Waals surface area contributed by atoms with Gasteiger partial charge in [0.15, 0.2) is 0 Å². The molecule has 124 valence electrons. The average molecular weight is 329 g/mol. The fourth-order valence-corrected chi connectivity index (χ4v) is 3.24. The van der Waals surface area contributed by atoms with Crippen LogP contribution in [-0.2, 0) is 11.2 Å². The summed E-state index contributed by atoms with van der Waals surface area (Å²) in [6.07, 6.45) is 0.661. The van der Waals surface area contributed by atoms with E-state index in [2.05, 4.69) is 18.3 Å². The molecular formula is C22H19NO2. The first-order valence-corrected chi connectivity index (χ1v) is 8.42. The second-order valence-corrected chi connectivity index (χ2v) is 6.40. The van der Waals surface area contributed by atoms with Gasteiger partial charge in [-0.15, -0.1) is 0 Å². The number of hydrogen-bond acceptors (Lipinski definition) is 2. The highest BCUT2D eigenvalue weighted by atomic mass is 16.5. The Hall–Kier alpha value is -3.07. The number of amides is 1. The fraction of sp³-hybridized carbons (Fsp3) is 0.136. The minimum Gasteiger partial charge on any atom is -0.457 e. The van der Waals surface area contributed by atoms with Gasteiger partial charge in [0.2, 0.25) is 5.91 Å². The summed E-state index contributed by atoms with van der Waals surface area (Å²) >= 11 is 0. The van der Waals surface area contributed by atoms with E-state index >= 15 is 0 Å². The quantitative estimate of drug-likeness (QED) is 0.726. The predicted octanol–water partition coefficient (Wildman–Crippen LogP) is 5.07. The van der Waals surface area contributed by atoms with Crippen LogP contribution in [0, 0.1) is 6.92 Å². The zero-order valence-electron chi connectivity index (χ0n) is 14.0. The molecule has 0 saturated heterocycles. The lowest BCUT2D eigenvalue weighted by molar-refractivity contribution is -0.117. The van der Waals surface area contributed by atoms with Gasteiger partial charge >= 0.3 is 0 Å². The van der Waals surface area contributed by atoms with Gasteiger partial charge in [-0.2, -0.15) is 0 Å². The minimum atomic E-state index is -0.151. The Bertz CT molecular complexity index is 918. The molecular weight excluding hydrogens is 310 g/mol. The van der Waals surface area contributed by atoms with Crippen LogP contribution in [0.5, 0.6) is 11.5 Å². The van der Waals surface area contributed by atoms with E-state index in [9.17, 15) is 4.79 Å². The number of carbonyl (C=O) groups excluding carboxylic acids is 1. The Balaban J connectivity index is 1.57. The van der Waals surface area contributed by atoms with Crippen molar-refractivity contribution in [3.8, 4) is 11.5 Å². The second kappa shape index (κ2) is 6.44. The molecule has 1 heterocycles. The molecule has 25 heavy (non-hydrogen) atoms. The van der Waals surface area contributed by atoms with Crippen molar-refractivity contribution in [2.75, 3.05) is 5.32 Å². The summed E-state index contributed by atoms with van der Waals surface area (Å²) in [7, 11) is 0. The van der Waals surface area contributed by atoms with Gasteiger partial charge in [-0.3, -0.25) is 4.79 Å². The lowest BCUT2D eigenvalue weighted by atomic mass is 9.92. The first-order valence-electron chi connectivity index (χ1n) is 8.42. The third-order valence-corrected chi connectivity index (χ3v) is 4.47. The van der Waals surface area contributed by atoms with Gasteiger partial charge < -0.3 is 10.1 Å². The molecule has 3 nitrogen and oxygen atoms in total. The molecule has 1 aliphatic rings. The SMILES string of the molecule is Cc1ccc2c(c1)[C@H](Cc1cccc(Oc3ccccc3)c1)C(=O)N2. The van der Waals surface area contributed by atoms with Gasteiger partial charge in [0, 0.05) is 5.69 Å². The minimum absolute atomic E-state index is 0.0648. The molecule has 0 spiro atoms. The molecule has 0 unspecified atom stereocenters. The van der Waals surface area contributed by atoms with E-state index in [1.807, 2.05) is 66.7 Å². The predicted molar refractivity (Wildman–Crippen MR) is 99.2 cm³/mol. The summed E-state index contributed by atoms with van der Waals surface area (Å²) in [5.74, 6) is 1.50. The molecule has 0 aliphatic carbocycles. The summed E-state index contributed by atoms with van der Waals surface area (Å²) in [5, 5.41) is 2.98. The van der Waals surface area contributed by atoms with E-state index < -0.39 is 0 Å². The van der Waals surface area contributed by atoms with E-state index in [1.54, 1.807) is 0 Å². The van der Waals surface area contributed by atoms with Crippen LogP contribution in [0.15, 0.2) is 72.8 Å².